The van der Waals surface area contributed by atoms with Gasteiger partial charge in [-0.3, -0.25) is 44.4 Å². The van der Waals surface area contributed by atoms with Crippen LogP contribution in [0.15, 0.2) is 170 Å². The van der Waals surface area contributed by atoms with E-state index in [1.165, 1.54) is 65.1 Å². The molecule has 0 spiro atoms. The zero-order valence-corrected chi connectivity index (χ0v) is 73.8. The molecule has 0 bridgehead atoms. The van der Waals surface area contributed by atoms with Crippen molar-refractivity contribution in [2.24, 2.45) is 0 Å². The summed E-state index contributed by atoms with van der Waals surface area (Å²) in [5.74, 6) is 0.720. The number of nitrogen functional groups attached to an aromatic ring is 1. The summed E-state index contributed by atoms with van der Waals surface area (Å²) in [7, 11) is 22.0. The number of nitrogens with two attached hydrogens (primary N) is 1. The first kappa shape index (κ1) is 99.7. The van der Waals surface area contributed by atoms with Crippen molar-refractivity contribution in [3.05, 3.63) is 248 Å². The molecule has 2 radical (unpaired) electrons. The van der Waals surface area contributed by atoms with Crippen molar-refractivity contribution in [3.8, 4) is 46.0 Å². The second-order valence-corrected chi connectivity index (χ2v) is 30.6. The van der Waals surface area contributed by atoms with Crippen LogP contribution in [-0.4, -0.2) is 167 Å². The van der Waals surface area contributed by atoms with Crippen LogP contribution in [0.25, 0.3) is 43.1 Å². The number of amides is 2. The van der Waals surface area contributed by atoms with E-state index in [2.05, 4.69) is 30.6 Å². The number of hydrogen-bond acceptors (Lipinski definition) is 25. The predicted molar refractivity (Wildman–Crippen MR) is 481 cm³/mol. The van der Waals surface area contributed by atoms with Crippen LogP contribution in [0.4, 0.5) is 22.7 Å². The summed E-state index contributed by atoms with van der Waals surface area (Å²) in [6.07, 6.45) is 9.47. The van der Waals surface area contributed by atoms with Crippen molar-refractivity contribution in [3.63, 3.8) is 0 Å². The minimum atomic E-state index is -1.18. The third-order valence-corrected chi connectivity index (χ3v) is 18.5. The summed E-state index contributed by atoms with van der Waals surface area (Å²) >= 11 is -0.826. The van der Waals surface area contributed by atoms with Gasteiger partial charge in [-0.1, -0.05) is 77.2 Å². The van der Waals surface area contributed by atoms with Crippen LogP contribution in [0.3, 0.4) is 0 Å². The van der Waals surface area contributed by atoms with Gasteiger partial charge < -0.3 is 73.6 Å². The Balaban J connectivity index is 0.000000252. The van der Waals surface area contributed by atoms with Gasteiger partial charge in [0.2, 0.25) is 17.6 Å². The number of carboxylic acid groups (broad SMARTS) is 1. The van der Waals surface area contributed by atoms with E-state index in [0.717, 1.165) is 57.2 Å². The number of aromatic nitrogens is 4. The van der Waals surface area contributed by atoms with Crippen LogP contribution >= 0.6 is 17.8 Å². The first-order valence-electron chi connectivity index (χ1n) is 38.1. The van der Waals surface area contributed by atoms with E-state index in [0.29, 0.717) is 163 Å². The average molecular weight is 1840 g/mol. The molecule has 32 heteroatoms. The molecule has 0 aliphatic rings. The van der Waals surface area contributed by atoms with Gasteiger partial charge in [-0.2, -0.15) is 0 Å². The van der Waals surface area contributed by atoms with Gasteiger partial charge in [0.05, 0.1) is 121 Å². The Labute approximate surface area is 736 Å². The number of benzene rings is 8. The maximum atomic E-state index is 13.3. The molecule has 12 aromatic rings. The monoisotopic (exact) mass is 1840 g/mol. The number of methoxy groups -OCH3 is 8. The Morgan fingerprint density at radius 1 is 0.419 bits per heavy atom. The SMILES string of the molecule is C.C.CCCC(=O)Nc1cccc(C(=O)c2ncc(C(=O)O)c3cc(OC)c(OC)cc23)c1.CCCC(=O)Nc1cccc(Cc2ncc(C(=O)OCC)c3cc(OC)c(OC)cc23)c1.CCOC(=O)c1cnc(Cc2cccc(N)c2)c2cc(OC)c(OC)cc12.CCOC(=O)c1cnc(Cc2cccc([N+](=O)[O-])c2)c2cc(OC)c(OC)cc12.[Cl][Sn][Cl]. The number of carbonyl (C=O) groups excluding carboxylic acids is 6. The standard InChI is InChI=1S/C25H28N2O5.C23H22N2O6.C21H20N2O6.C21H22N2O4.2CH4.2ClH.Sn/c1-5-8-24(28)27-17-10-7-9-16(11-17)12-21-19-14-23(31-4)22(30-3)13-18(19)20(15-26-21)25(29)32-6-2;1-4-6-20(26)25-14-8-5-7-13(9-14)22(27)21-16-11-19(31-3)18(30-2)10-15(16)17(12-24-21)23(28)29;1-4-29-21(24)17-12-22-18(9-13-6-5-7-14(8-13)23(25)26)16-11-20(28-3)19(27-2)10-15(16)17;1-4-27-21(24)17-12-23-18(9-13-6-5-7-14(22)8-13)16-11-20(26-3)19(25-2)10-15(16)17;;;;;/h7,9-11,13-15H,5-6,8,12H2,1-4H3,(H,27,28);5,7-12H,4,6H2,1-3H3,(H,25,26)(H,28,29);5-8,10-12H,4,9H2,1-3H3;5-8,10-12H,4,9,22H2,1-3H3;2*1H4;2*1H;/q;;;;;;;;+2/p-2. The number of non-ortho nitro benzene ring substituents is 1. The molecule has 8 aromatic carbocycles. The van der Waals surface area contributed by atoms with E-state index in [4.69, 9.17) is 75.7 Å². The van der Waals surface area contributed by atoms with E-state index in [9.17, 15) is 48.8 Å². The van der Waals surface area contributed by atoms with Crippen molar-refractivity contribution in [2.45, 2.75) is 94.4 Å². The number of rotatable bonds is 30. The molecule has 29 nitrogen and oxygen atoms in total. The molecule has 0 atom stereocenters. The zero-order chi connectivity index (χ0) is 88.7. The van der Waals surface area contributed by atoms with Gasteiger partial charge in [0.25, 0.3) is 5.69 Å². The first-order valence-corrected chi connectivity index (χ1v) is 45.4. The number of aromatic carboxylic acids is 1. The summed E-state index contributed by atoms with van der Waals surface area (Å²) in [5, 5.41) is 31.2. The zero-order valence-electron chi connectivity index (χ0n) is 69.4. The number of carbonyl (C=O) groups is 7. The fourth-order valence-electron chi connectivity index (χ4n) is 12.9. The van der Waals surface area contributed by atoms with Crippen molar-refractivity contribution >= 4 is 144 Å². The van der Waals surface area contributed by atoms with E-state index in [-0.39, 0.29) is 56.8 Å². The molecule has 4 aromatic heterocycles. The number of anilines is 3. The minimum absolute atomic E-state index is 0. The topological polar surface area (TPSA) is 386 Å². The Bertz CT molecular complexity index is 5800. The van der Waals surface area contributed by atoms with E-state index >= 15 is 0 Å². The fourth-order valence-corrected chi connectivity index (χ4v) is 12.9. The number of carboxylic acids is 1. The van der Waals surface area contributed by atoms with E-state index in [1.807, 2.05) is 74.5 Å². The Morgan fingerprint density at radius 2 is 0.734 bits per heavy atom. The molecule has 2 amide bonds. The molecule has 0 saturated carbocycles. The van der Waals surface area contributed by atoms with Crippen molar-refractivity contribution in [2.75, 3.05) is 93.1 Å². The Morgan fingerprint density at radius 3 is 1.08 bits per heavy atom. The van der Waals surface area contributed by atoms with Gasteiger partial charge >= 0.3 is 60.6 Å². The van der Waals surface area contributed by atoms with Crippen LogP contribution in [-0.2, 0) is 43.1 Å². The normalized spacial score (nSPS) is 10.3. The molecule has 5 N–H and O–H groups in total. The summed E-state index contributed by atoms with van der Waals surface area (Å²) in [4.78, 5) is 114. The molecular formula is C92H100Cl2N8O21Sn. The molecule has 0 aliphatic carbocycles. The maximum absolute atomic E-state index is 13.3. The molecule has 124 heavy (non-hydrogen) atoms. The number of pyridine rings is 4. The quantitative estimate of drug-likeness (QED) is 0.00618. The summed E-state index contributed by atoms with van der Waals surface area (Å²) in [6, 6.07) is 41.9. The van der Waals surface area contributed by atoms with E-state index in [1.54, 1.807) is 116 Å². The van der Waals surface area contributed by atoms with Gasteiger partial charge in [-0.15, -0.1) is 0 Å². The fraction of sp³-hybridized carbons (Fsp3) is 0.272. The molecule has 652 valence electrons. The van der Waals surface area contributed by atoms with Gasteiger partial charge in [0.15, 0.2) is 46.0 Å². The second kappa shape index (κ2) is 49.1. The molecule has 0 unspecified atom stereocenters. The predicted octanol–water partition coefficient (Wildman–Crippen LogP) is 18.5. The average Bonchev–Trinajstić information content (AvgIpc) is 0.781. The third-order valence-electron chi connectivity index (χ3n) is 18.5. The van der Waals surface area contributed by atoms with Crippen LogP contribution < -0.4 is 54.3 Å². The summed E-state index contributed by atoms with van der Waals surface area (Å²) in [6.45, 7) is 9.93. The van der Waals surface area contributed by atoms with Gasteiger partial charge in [0.1, 0.15) is 5.69 Å². The number of ketones is 1. The number of nitrogens with zero attached hydrogens (tertiary/aromatic N) is 5. The first-order chi connectivity index (χ1) is 58.8. The summed E-state index contributed by atoms with van der Waals surface area (Å²) in [5.41, 5.74) is 14.2. The number of nitrogens with one attached hydrogen (secondary N) is 2. The number of hydrogen-bond donors (Lipinski definition) is 4. The van der Waals surface area contributed by atoms with Gasteiger partial charge in [-0.25, -0.2) is 19.2 Å². The number of halogens is 2. The summed E-state index contributed by atoms with van der Waals surface area (Å²) < 4.78 is 58.6. The van der Waals surface area contributed by atoms with Crippen molar-refractivity contribution in [1.29, 1.82) is 0 Å². The number of nitro groups is 1. The molecule has 0 aliphatic heterocycles. The molecular weight excluding hydrogens is 1740 g/mol. The van der Waals surface area contributed by atoms with Gasteiger partial charge in [0, 0.05) is 135 Å². The van der Waals surface area contributed by atoms with Crippen LogP contribution in [0.5, 0.6) is 46.0 Å². The van der Waals surface area contributed by atoms with Crippen molar-refractivity contribution in [1.82, 2.24) is 19.9 Å². The number of fused-ring (bicyclic) bond motifs is 4. The number of ether oxygens (including phenoxy) is 11. The molecule has 12 rings (SSSR count). The molecule has 4 heterocycles. The number of nitro benzene ring substituents is 1. The van der Waals surface area contributed by atoms with E-state index < -0.39 is 53.5 Å². The van der Waals surface area contributed by atoms with Crippen LogP contribution in [0, 0.1) is 10.1 Å². The van der Waals surface area contributed by atoms with Crippen molar-refractivity contribution < 1.29 is 95.7 Å². The van der Waals surface area contributed by atoms with Gasteiger partial charge in [-0.05, 0) is 135 Å². The van der Waals surface area contributed by atoms with Crippen LogP contribution in [0.2, 0.25) is 0 Å². The third kappa shape index (κ3) is 25.7. The van der Waals surface area contributed by atoms with Crippen LogP contribution in [0.1, 0.15) is 166 Å². The Kier molecular flexibility index (Phi) is 39.5. The number of esters is 3. The second-order valence-electron chi connectivity index (χ2n) is 26.3. The molecule has 0 fully saturated rings. The Hall–Kier alpha value is -13.1. The molecule has 0 saturated heterocycles.